The van der Waals surface area contributed by atoms with Crippen LogP contribution in [0.1, 0.15) is 69.8 Å². The Morgan fingerprint density at radius 3 is 2.57 bits per heavy atom. The van der Waals surface area contributed by atoms with Crippen LogP contribution in [0.25, 0.3) is 0 Å². The summed E-state index contributed by atoms with van der Waals surface area (Å²) in [6, 6.07) is 1.19. The predicted molar refractivity (Wildman–Crippen MR) is 120 cm³/mol. The molecule has 1 aromatic heterocycles. The number of aromatic nitrogens is 1. The number of ketones is 1. The number of carbonyl (C=O) groups is 2. The van der Waals surface area contributed by atoms with Crippen LogP contribution < -0.4 is 0 Å². The lowest BCUT2D eigenvalue weighted by molar-refractivity contribution is -0.171. The van der Waals surface area contributed by atoms with Gasteiger partial charge in [0.15, 0.2) is 12.1 Å². The largest absolute Gasteiger partial charge is 0.444 e. The zero-order valence-electron chi connectivity index (χ0n) is 20.6. The number of amides is 1. The van der Waals surface area contributed by atoms with E-state index in [1.54, 1.807) is 27.7 Å². The number of likely N-dealkylation sites (tertiary alicyclic amines) is 1. The monoisotopic (exact) mass is 498 g/mol. The normalized spacial score (nSPS) is 28.5. The van der Waals surface area contributed by atoms with Crippen molar-refractivity contribution in [3.05, 3.63) is 29.1 Å². The second kappa shape index (κ2) is 9.35. The molecule has 4 rings (SSSR count). The predicted octanol–water partition coefficient (Wildman–Crippen LogP) is 4.83. The summed E-state index contributed by atoms with van der Waals surface area (Å²) in [5.74, 6) is -0.355. The molecule has 1 amide bonds. The van der Waals surface area contributed by atoms with Gasteiger partial charge < -0.3 is 14.2 Å². The molecule has 2 saturated heterocycles. The number of pyridine rings is 1. The first-order chi connectivity index (χ1) is 16.3. The summed E-state index contributed by atoms with van der Waals surface area (Å²) in [7, 11) is 0. The summed E-state index contributed by atoms with van der Waals surface area (Å²) < 4.78 is 56.7. The van der Waals surface area contributed by atoms with Crippen molar-refractivity contribution in [3.63, 3.8) is 0 Å². The number of fused-ring (bicyclic) bond motifs is 1. The van der Waals surface area contributed by atoms with Gasteiger partial charge in [0.25, 0.3) is 0 Å². The van der Waals surface area contributed by atoms with Crippen LogP contribution >= 0.6 is 0 Å². The minimum absolute atomic E-state index is 0.0652. The molecule has 4 atom stereocenters. The first kappa shape index (κ1) is 25.9. The molecule has 35 heavy (non-hydrogen) atoms. The highest BCUT2D eigenvalue weighted by molar-refractivity contribution is 5.90. The fourth-order valence-electron chi connectivity index (χ4n) is 4.98. The molecule has 1 aliphatic carbocycles. The van der Waals surface area contributed by atoms with Crippen molar-refractivity contribution >= 4 is 11.9 Å². The number of piperidine rings is 1. The minimum Gasteiger partial charge on any atom is -0.444 e. The van der Waals surface area contributed by atoms with E-state index >= 15 is 0 Å². The molecule has 10 heteroatoms. The van der Waals surface area contributed by atoms with Gasteiger partial charge in [-0.2, -0.15) is 13.2 Å². The van der Waals surface area contributed by atoms with E-state index in [1.165, 1.54) is 11.0 Å². The number of Topliss-reactive ketones (excluding diaryl/α,β-unsaturated/α-hetero) is 1. The Bertz CT molecular complexity index is 971. The number of halogens is 3. The Kier molecular flexibility index (Phi) is 6.91. The summed E-state index contributed by atoms with van der Waals surface area (Å²) in [5.41, 5.74) is -1.62. The van der Waals surface area contributed by atoms with E-state index in [2.05, 4.69) is 4.98 Å². The van der Waals surface area contributed by atoms with Gasteiger partial charge in [-0.25, -0.2) is 9.78 Å². The molecule has 3 heterocycles. The molecular formula is C25H33F3N2O5. The van der Waals surface area contributed by atoms with E-state index in [0.29, 0.717) is 31.6 Å². The molecule has 7 nitrogen and oxygen atoms in total. The van der Waals surface area contributed by atoms with Crippen molar-refractivity contribution in [2.75, 3.05) is 13.2 Å². The molecule has 3 fully saturated rings. The van der Waals surface area contributed by atoms with Crippen molar-refractivity contribution in [1.82, 2.24) is 9.88 Å². The Morgan fingerprint density at radius 2 is 1.94 bits per heavy atom. The fourth-order valence-corrected chi connectivity index (χ4v) is 4.98. The van der Waals surface area contributed by atoms with E-state index in [0.717, 1.165) is 25.3 Å². The average molecular weight is 499 g/mol. The molecule has 3 aliphatic rings. The Labute approximate surface area is 203 Å². The maximum atomic E-state index is 13.4. The molecule has 1 unspecified atom stereocenters. The van der Waals surface area contributed by atoms with Gasteiger partial charge in [-0.3, -0.25) is 9.69 Å². The summed E-state index contributed by atoms with van der Waals surface area (Å²) in [6.07, 6.45) is -1.90. The smallest absolute Gasteiger partial charge is 0.433 e. The Morgan fingerprint density at radius 1 is 1.20 bits per heavy atom. The first-order valence-corrected chi connectivity index (χ1v) is 12.1. The zero-order valence-corrected chi connectivity index (χ0v) is 20.6. The third-order valence-corrected chi connectivity index (χ3v) is 6.92. The van der Waals surface area contributed by atoms with Crippen LogP contribution in [0.2, 0.25) is 0 Å². The standard InChI is InChI=1S/C25H33F3N2O5/c1-15-8-9-19(25(26,27)28)29-16(15)11-18(31)17-12-24(14-34-21-7-5-6-10-33-21)13-20(24)30(17)22(32)35-23(2,3)4/h8-9,17,20-21H,5-7,10-14H2,1-4H3/t17-,20+,21?,24-/m0/s1. The van der Waals surface area contributed by atoms with Crippen LogP contribution in [0.4, 0.5) is 18.0 Å². The van der Waals surface area contributed by atoms with E-state index in [1.807, 2.05) is 0 Å². The molecule has 0 radical (unpaired) electrons. The second-order valence-electron chi connectivity index (χ2n) is 10.9. The molecule has 0 bridgehead atoms. The van der Waals surface area contributed by atoms with Crippen LogP contribution in [0.15, 0.2) is 12.1 Å². The number of aryl methyl sites for hydroxylation is 1. The molecule has 2 aliphatic heterocycles. The van der Waals surface area contributed by atoms with E-state index in [4.69, 9.17) is 14.2 Å². The highest BCUT2D eigenvalue weighted by atomic mass is 19.4. The van der Waals surface area contributed by atoms with Crippen LogP contribution in [0, 0.1) is 12.3 Å². The Hall–Kier alpha value is -2.20. The minimum atomic E-state index is -4.61. The summed E-state index contributed by atoms with van der Waals surface area (Å²) in [6.45, 7) is 7.86. The van der Waals surface area contributed by atoms with Crippen molar-refractivity contribution in [1.29, 1.82) is 0 Å². The van der Waals surface area contributed by atoms with E-state index < -0.39 is 29.6 Å². The third-order valence-electron chi connectivity index (χ3n) is 6.92. The van der Waals surface area contributed by atoms with Crippen molar-refractivity contribution in [2.24, 2.45) is 5.41 Å². The maximum absolute atomic E-state index is 13.4. The van der Waals surface area contributed by atoms with Crippen molar-refractivity contribution in [2.45, 2.75) is 96.4 Å². The molecule has 1 saturated carbocycles. The lowest BCUT2D eigenvalue weighted by Gasteiger charge is -2.30. The van der Waals surface area contributed by atoms with E-state index in [9.17, 15) is 22.8 Å². The summed E-state index contributed by atoms with van der Waals surface area (Å²) in [5, 5.41) is 0. The van der Waals surface area contributed by atoms with Crippen molar-refractivity contribution < 1.29 is 37.0 Å². The maximum Gasteiger partial charge on any atom is 0.433 e. The first-order valence-electron chi connectivity index (χ1n) is 12.1. The molecule has 0 N–H and O–H groups in total. The molecule has 0 spiro atoms. The molecular weight excluding hydrogens is 465 g/mol. The summed E-state index contributed by atoms with van der Waals surface area (Å²) >= 11 is 0. The Balaban J connectivity index is 1.52. The van der Waals surface area contributed by atoms with Gasteiger partial charge in [-0.05, 0) is 71.4 Å². The summed E-state index contributed by atoms with van der Waals surface area (Å²) in [4.78, 5) is 31.7. The lowest BCUT2D eigenvalue weighted by Crippen LogP contribution is -2.46. The SMILES string of the molecule is Cc1ccc(C(F)(F)F)nc1CC(=O)[C@@H]1C[C@@]2(COC3CCCCO3)C[C@H]2N1C(=O)OC(C)(C)C. The number of ether oxygens (including phenoxy) is 3. The van der Waals surface area contributed by atoms with Crippen LogP contribution in [0.5, 0.6) is 0 Å². The number of alkyl halides is 3. The number of nitrogens with zero attached hydrogens (tertiary/aromatic N) is 2. The molecule has 194 valence electrons. The molecule has 1 aromatic rings. The van der Waals surface area contributed by atoms with Gasteiger partial charge >= 0.3 is 12.3 Å². The number of rotatable bonds is 6. The number of carbonyl (C=O) groups excluding carboxylic acids is 2. The van der Waals surface area contributed by atoms with Crippen LogP contribution in [-0.4, -0.2) is 58.9 Å². The average Bonchev–Trinajstić information content (AvgIpc) is 3.36. The van der Waals surface area contributed by atoms with Crippen LogP contribution in [0.3, 0.4) is 0 Å². The second-order valence-corrected chi connectivity index (χ2v) is 10.9. The fraction of sp³-hybridized carbons (Fsp3) is 0.720. The van der Waals surface area contributed by atoms with Crippen LogP contribution in [-0.2, 0) is 31.6 Å². The molecule has 0 aromatic carbocycles. The van der Waals surface area contributed by atoms with Gasteiger partial charge in [0.1, 0.15) is 11.3 Å². The van der Waals surface area contributed by atoms with Crippen molar-refractivity contribution in [3.8, 4) is 0 Å². The zero-order chi connectivity index (χ0) is 25.6. The lowest BCUT2D eigenvalue weighted by atomic mass is 9.95. The van der Waals surface area contributed by atoms with E-state index in [-0.39, 0.29) is 35.6 Å². The van der Waals surface area contributed by atoms with Gasteiger partial charge in [0.05, 0.1) is 24.8 Å². The highest BCUT2D eigenvalue weighted by Crippen LogP contribution is 2.60. The highest BCUT2D eigenvalue weighted by Gasteiger charge is 2.68. The third kappa shape index (κ3) is 5.80. The number of hydrogen-bond donors (Lipinski definition) is 0. The number of hydrogen-bond acceptors (Lipinski definition) is 6. The quantitative estimate of drug-likeness (QED) is 0.559. The van der Waals surface area contributed by atoms with Gasteiger partial charge in [0.2, 0.25) is 0 Å². The van der Waals surface area contributed by atoms with Gasteiger partial charge in [-0.1, -0.05) is 6.07 Å². The topological polar surface area (TPSA) is 78.0 Å². The van der Waals surface area contributed by atoms with Gasteiger partial charge in [-0.15, -0.1) is 0 Å². The van der Waals surface area contributed by atoms with Gasteiger partial charge in [0, 0.05) is 18.1 Å².